The van der Waals surface area contributed by atoms with Crippen LogP contribution in [0.25, 0.3) is 0 Å². The molecule has 0 unspecified atom stereocenters. The quantitative estimate of drug-likeness (QED) is 0.619. The molecule has 0 radical (unpaired) electrons. The first-order chi connectivity index (χ1) is 8.60. The first-order valence-corrected chi connectivity index (χ1v) is 6.68. The van der Waals surface area contributed by atoms with Crippen molar-refractivity contribution in [1.29, 1.82) is 0 Å². The summed E-state index contributed by atoms with van der Waals surface area (Å²) in [7, 11) is 0. The van der Waals surface area contributed by atoms with Gasteiger partial charge in [0.1, 0.15) is 0 Å². The number of rotatable bonds is 5. The Morgan fingerprint density at radius 3 is 2.11 bits per heavy atom. The first-order valence-electron chi connectivity index (χ1n) is 6.68. The van der Waals surface area contributed by atoms with Gasteiger partial charge in [-0.05, 0) is 19.4 Å². The van der Waals surface area contributed by atoms with Crippen LogP contribution in [-0.4, -0.2) is 25.6 Å². The molecule has 3 nitrogen and oxygen atoms in total. The van der Waals surface area contributed by atoms with Crippen LogP contribution in [0.2, 0.25) is 0 Å². The Hall–Kier alpha value is -1.51. The van der Waals surface area contributed by atoms with E-state index in [1.807, 2.05) is 6.07 Å². The second-order valence-electron chi connectivity index (χ2n) is 4.98. The number of aliphatic imine (C=N–C) groups is 1. The fourth-order valence-electron chi connectivity index (χ4n) is 1.77. The van der Waals surface area contributed by atoms with Crippen molar-refractivity contribution >= 4 is 5.96 Å². The lowest BCUT2D eigenvalue weighted by Gasteiger charge is -2.23. The molecule has 1 aromatic carbocycles. The summed E-state index contributed by atoms with van der Waals surface area (Å²) in [6, 6.07) is 10.5. The van der Waals surface area contributed by atoms with Gasteiger partial charge in [0.15, 0.2) is 5.96 Å². The predicted molar refractivity (Wildman–Crippen MR) is 79.1 cm³/mol. The molecule has 0 aliphatic carbocycles. The lowest BCUT2D eigenvalue weighted by Crippen LogP contribution is -2.38. The van der Waals surface area contributed by atoms with Crippen LogP contribution < -0.4 is 10.6 Å². The molecular formula is C15H25N3. The topological polar surface area (TPSA) is 36.4 Å². The van der Waals surface area contributed by atoms with Gasteiger partial charge in [-0.1, -0.05) is 44.2 Å². The van der Waals surface area contributed by atoms with Crippen LogP contribution in [0.4, 0.5) is 0 Å². The fourth-order valence-corrected chi connectivity index (χ4v) is 1.77. The number of nitrogens with zero attached hydrogens (tertiary/aromatic N) is 1. The molecule has 0 amide bonds. The molecular weight excluding hydrogens is 222 g/mol. The molecule has 0 fully saturated rings. The summed E-state index contributed by atoms with van der Waals surface area (Å²) in [4.78, 5) is 4.65. The van der Waals surface area contributed by atoms with E-state index in [2.05, 4.69) is 67.6 Å². The van der Waals surface area contributed by atoms with Gasteiger partial charge in [0.05, 0.1) is 6.54 Å². The second kappa shape index (κ2) is 7.04. The van der Waals surface area contributed by atoms with Crippen LogP contribution in [0.5, 0.6) is 0 Å². The van der Waals surface area contributed by atoms with E-state index in [0.29, 0.717) is 0 Å². The van der Waals surface area contributed by atoms with Crippen LogP contribution in [0, 0.1) is 0 Å². The standard InChI is InChI=1S/C15H25N3/c1-5-16-14(17-6-2)18-12-15(3,4)13-10-8-7-9-11-13/h7-11H,5-6,12H2,1-4H3,(H2,16,17,18). The lowest BCUT2D eigenvalue weighted by atomic mass is 9.85. The molecule has 0 bridgehead atoms. The van der Waals surface area contributed by atoms with E-state index in [9.17, 15) is 0 Å². The molecule has 2 N–H and O–H groups in total. The van der Waals surface area contributed by atoms with Gasteiger partial charge in [0.25, 0.3) is 0 Å². The molecule has 3 heteroatoms. The average Bonchev–Trinajstić information content (AvgIpc) is 2.38. The van der Waals surface area contributed by atoms with Crippen molar-refractivity contribution in [2.24, 2.45) is 4.99 Å². The predicted octanol–water partition coefficient (Wildman–Crippen LogP) is 2.54. The normalized spacial score (nSPS) is 10.9. The molecule has 1 aromatic rings. The van der Waals surface area contributed by atoms with Crippen molar-refractivity contribution in [1.82, 2.24) is 10.6 Å². The number of benzene rings is 1. The number of hydrogen-bond donors (Lipinski definition) is 2. The molecule has 0 aliphatic rings. The largest absolute Gasteiger partial charge is 0.357 e. The minimum Gasteiger partial charge on any atom is -0.357 e. The van der Waals surface area contributed by atoms with E-state index < -0.39 is 0 Å². The molecule has 0 aromatic heterocycles. The van der Waals surface area contributed by atoms with Gasteiger partial charge in [-0.2, -0.15) is 0 Å². The van der Waals surface area contributed by atoms with Crippen molar-refractivity contribution in [2.45, 2.75) is 33.1 Å². The molecule has 0 heterocycles. The maximum Gasteiger partial charge on any atom is 0.191 e. The van der Waals surface area contributed by atoms with E-state index in [1.54, 1.807) is 0 Å². The van der Waals surface area contributed by atoms with E-state index >= 15 is 0 Å². The Morgan fingerprint density at radius 1 is 1.06 bits per heavy atom. The highest BCUT2D eigenvalue weighted by atomic mass is 15.2. The number of guanidine groups is 1. The van der Waals surface area contributed by atoms with Gasteiger partial charge in [-0.3, -0.25) is 4.99 Å². The second-order valence-corrected chi connectivity index (χ2v) is 4.98. The highest BCUT2D eigenvalue weighted by molar-refractivity contribution is 5.79. The van der Waals surface area contributed by atoms with Crippen LogP contribution in [0.3, 0.4) is 0 Å². The molecule has 0 aliphatic heterocycles. The third kappa shape index (κ3) is 4.40. The van der Waals surface area contributed by atoms with Crippen molar-refractivity contribution in [3.8, 4) is 0 Å². The third-order valence-corrected chi connectivity index (χ3v) is 2.88. The summed E-state index contributed by atoms with van der Waals surface area (Å²) in [6.45, 7) is 11.1. The minimum atomic E-state index is 0.0529. The highest BCUT2D eigenvalue weighted by Crippen LogP contribution is 2.22. The molecule has 1 rings (SSSR count). The van der Waals surface area contributed by atoms with Crippen molar-refractivity contribution in [3.05, 3.63) is 35.9 Å². The highest BCUT2D eigenvalue weighted by Gasteiger charge is 2.19. The van der Waals surface area contributed by atoms with E-state index in [4.69, 9.17) is 0 Å². The molecule has 0 saturated carbocycles. The fraction of sp³-hybridized carbons (Fsp3) is 0.533. The van der Waals surface area contributed by atoms with Gasteiger partial charge in [-0.25, -0.2) is 0 Å². The zero-order valence-electron chi connectivity index (χ0n) is 12.0. The van der Waals surface area contributed by atoms with Gasteiger partial charge < -0.3 is 10.6 Å². The minimum absolute atomic E-state index is 0.0529. The monoisotopic (exact) mass is 247 g/mol. The molecule has 0 saturated heterocycles. The van der Waals surface area contributed by atoms with Crippen LogP contribution in [0.15, 0.2) is 35.3 Å². The summed E-state index contributed by atoms with van der Waals surface area (Å²) in [6.07, 6.45) is 0. The summed E-state index contributed by atoms with van der Waals surface area (Å²) in [5, 5.41) is 6.49. The van der Waals surface area contributed by atoms with E-state index in [0.717, 1.165) is 25.6 Å². The Labute approximate surface area is 111 Å². The maximum atomic E-state index is 4.65. The summed E-state index contributed by atoms with van der Waals surface area (Å²) >= 11 is 0. The van der Waals surface area contributed by atoms with E-state index in [1.165, 1.54) is 5.56 Å². The zero-order valence-corrected chi connectivity index (χ0v) is 12.0. The van der Waals surface area contributed by atoms with Crippen LogP contribution in [0.1, 0.15) is 33.3 Å². The third-order valence-electron chi connectivity index (χ3n) is 2.88. The molecule has 18 heavy (non-hydrogen) atoms. The summed E-state index contributed by atoms with van der Waals surface area (Å²) in [5.41, 5.74) is 1.37. The Bertz CT molecular complexity index is 361. The summed E-state index contributed by atoms with van der Waals surface area (Å²) < 4.78 is 0. The van der Waals surface area contributed by atoms with Crippen LogP contribution in [-0.2, 0) is 5.41 Å². The zero-order chi connectivity index (χ0) is 13.4. The molecule has 100 valence electrons. The lowest BCUT2D eigenvalue weighted by molar-refractivity contribution is 0.537. The van der Waals surface area contributed by atoms with Gasteiger partial charge in [0, 0.05) is 18.5 Å². The molecule has 0 spiro atoms. The Kier molecular flexibility index (Phi) is 5.69. The Balaban J connectivity index is 2.72. The maximum absolute atomic E-state index is 4.65. The Morgan fingerprint density at radius 2 is 1.61 bits per heavy atom. The number of hydrogen-bond acceptors (Lipinski definition) is 1. The molecule has 0 atom stereocenters. The van der Waals surface area contributed by atoms with Crippen molar-refractivity contribution < 1.29 is 0 Å². The SMILES string of the molecule is CCNC(=NCC(C)(C)c1ccccc1)NCC. The van der Waals surface area contributed by atoms with Gasteiger partial charge in [0.2, 0.25) is 0 Å². The summed E-state index contributed by atoms with van der Waals surface area (Å²) in [5.74, 6) is 0.893. The van der Waals surface area contributed by atoms with Crippen molar-refractivity contribution in [3.63, 3.8) is 0 Å². The van der Waals surface area contributed by atoms with Gasteiger partial charge >= 0.3 is 0 Å². The number of nitrogens with one attached hydrogen (secondary N) is 2. The van der Waals surface area contributed by atoms with Crippen LogP contribution >= 0.6 is 0 Å². The van der Waals surface area contributed by atoms with E-state index in [-0.39, 0.29) is 5.41 Å². The first kappa shape index (κ1) is 14.6. The smallest absolute Gasteiger partial charge is 0.191 e. The van der Waals surface area contributed by atoms with Gasteiger partial charge in [-0.15, -0.1) is 0 Å². The average molecular weight is 247 g/mol. The van der Waals surface area contributed by atoms with Crippen molar-refractivity contribution in [2.75, 3.05) is 19.6 Å².